The standard InChI is InChI=1S/C18H16IN3O4S/c1-3-26-18(25)15-10(2)14-16(27-15)20-9-22(17(14)24)8-13(23)21-12-6-4-5-11(19)7-12/h4-7,9H,3,8H2,1-2H3,(H,21,23). The monoisotopic (exact) mass is 497 g/mol. The Balaban J connectivity index is 1.88. The molecule has 0 aliphatic carbocycles. The first-order valence-electron chi connectivity index (χ1n) is 8.11. The number of amides is 1. The van der Waals surface area contributed by atoms with Crippen LogP contribution in [-0.2, 0) is 16.1 Å². The molecule has 27 heavy (non-hydrogen) atoms. The summed E-state index contributed by atoms with van der Waals surface area (Å²) in [6.07, 6.45) is 1.32. The van der Waals surface area contributed by atoms with E-state index >= 15 is 0 Å². The van der Waals surface area contributed by atoms with Gasteiger partial charge in [-0.1, -0.05) is 6.07 Å². The van der Waals surface area contributed by atoms with E-state index in [0.29, 0.717) is 26.3 Å². The van der Waals surface area contributed by atoms with E-state index in [4.69, 9.17) is 4.74 Å². The third-order valence-corrected chi connectivity index (χ3v) is 5.65. The quantitative estimate of drug-likeness (QED) is 0.432. The Morgan fingerprint density at radius 1 is 1.37 bits per heavy atom. The maximum Gasteiger partial charge on any atom is 0.348 e. The van der Waals surface area contributed by atoms with Crippen molar-refractivity contribution in [1.29, 1.82) is 0 Å². The van der Waals surface area contributed by atoms with Crippen LogP contribution in [0.25, 0.3) is 10.2 Å². The van der Waals surface area contributed by atoms with Gasteiger partial charge in [0.2, 0.25) is 5.91 Å². The zero-order valence-corrected chi connectivity index (χ0v) is 17.6. The van der Waals surface area contributed by atoms with Crippen molar-refractivity contribution in [3.05, 3.63) is 55.0 Å². The highest BCUT2D eigenvalue weighted by atomic mass is 127. The summed E-state index contributed by atoms with van der Waals surface area (Å²) >= 11 is 3.27. The van der Waals surface area contributed by atoms with E-state index < -0.39 is 5.97 Å². The van der Waals surface area contributed by atoms with Crippen LogP contribution in [-0.4, -0.2) is 28.0 Å². The number of ether oxygens (including phenoxy) is 1. The van der Waals surface area contributed by atoms with Crippen LogP contribution in [0.5, 0.6) is 0 Å². The van der Waals surface area contributed by atoms with Crippen molar-refractivity contribution in [3.8, 4) is 0 Å². The van der Waals surface area contributed by atoms with Crippen molar-refractivity contribution in [2.75, 3.05) is 11.9 Å². The lowest BCUT2D eigenvalue weighted by Gasteiger charge is -2.07. The second-order valence-electron chi connectivity index (χ2n) is 5.69. The number of esters is 1. The Morgan fingerprint density at radius 2 is 2.15 bits per heavy atom. The fourth-order valence-corrected chi connectivity index (χ4v) is 4.16. The Morgan fingerprint density at radius 3 is 2.85 bits per heavy atom. The van der Waals surface area contributed by atoms with E-state index in [1.54, 1.807) is 19.9 Å². The van der Waals surface area contributed by atoms with Crippen molar-refractivity contribution in [2.45, 2.75) is 20.4 Å². The summed E-state index contributed by atoms with van der Waals surface area (Å²) in [5.74, 6) is -0.806. The number of nitrogens with one attached hydrogen (secondary N) is 1. The Hall–Kier alpha value is -2.27. The molecule has 0 saturated carbocycles. The van der Waals surface area contributed by atoms with Gasteiger partial charge in [0.05, 0.1) is 18.3 Å². The molecule has 0 atom stereocenters. The third kappa shape index (κ3) is 4.19. The van der Waals surface area contributed by atoms with Crippen LogP contribution in [0.4, 0.5) is 5.69 Å². The maximum absolute atomic E-state index is 12.8. The Labute approximate surface area is 172 Å². The van der Waals surface area contributed by atoms with Gasteiger partial charge < -0.3 is 10.1 Å². The molecule has 0 spiro atoms. The molecule has 0 bridgehead atoms. The number of nitrogens with zero attached hydrogens (tertiary/aromatic N) is 2. The van der Waals surface area contributed by atoms with E-state index in [-0.39, 0.29) is 24.6 Å². The number of carbonyl (C=O) groups excluding carboxylic acids is 2. The topological polar surface area (TPSA) is 90.3 Å². The minimum atomic E-state index is -0.472. The smallest absolute Gasteiger partial charge is 0.348 e. The molecule has 0 radical (unpaired) electrons. The zero-order valence-electron chi connectivity index (χ0n) is 14.6. The first-order chi connectivity index (χ1) is 12.9. The number of rotatable bonds is 5. The van der Waals surface area contributed by atoms with Crippen molar-refractivity contribution >= 4 is 61.7 Å². The minimum absolute atomic E-state index is 0.169. The second-order valence-corrected chi connectivity index (χ2v) is 7.94. The minimum Gasteiger partial charge on any atom is -0.462 e. The van der Waals surface area contributed by atoms with Crippen LogP contribution in [0.3, 0.4) is 0 Å². The van der Waals surface area contributed by atoms with Gasteiger partial charge in [-0.15, -0.1) is 11.3 Å². The predicted octanol–water partition coefficient (Wildman–Crippen LogP) is 3.19. The largest absolute Gasteiger partial charge is 0.462 e. The second kappa shape index (κ2) is 8.17. The van der Waals surface area contributed by atoms with Gasteiger partial charge in [0.1, 0.15) is 16.3 Å². The van der Waals surface area contributed by atoms with Crippen molar-refractivity contribution < 1.29 is 14.3 Å². The van der Waals surface area contributed by atoms with E-state index in [2.05, 4.69) is 32.9 Å². The van der Waals surface area contributed by atoms with E-state index in [1.807, 2.05) is 18.2 Å². The summed E-state index contributed by atoms with van der Waals surface area (Å²) in [6, 6.07) is 7.36. The van der Waals surface area contributed by atoms with Crippen molar-refractivity contribution in [3.63, 3.8) is 0 Å². The van der Waals surface area contributed by atoms with Crippen molar-refractivity contribution in [2.24, 2.45) is 0 Å². The normalized spacial score (nSPS) is 10.8. The summed E-state index contributed by atoms with van der Waals surface area (Å²) < 4.78 is 7.25. The van der Waals surface area contributed by atoms with Gasteiger partial charge in [-0.05, 0) is 60.2 Å². The molecule has 1 amide bonds. The number of anilines is 1. The Bertz CT molecular complexity index is 1090. The lowest BCUT2D eigenvalue weighted by Crippen LogP contribution is -2.27. The first-order valence-corrected chi connectivity index (χ1v) is 10.0. The summed E-state index contributed by atoms with van der Waals surface area (Å²) in [5.41, 5.74) is 0.825. The number of carbonyl (C=O) groups is 2. The third-order valence-electron chi connectivity index (χ3n) is 3.80. The summed E-state index contributed by atoms with van der Waals surface area (Å²) in [4.78, 5) is 42.1. The van der Waals surface area contributed by atoms with Gasteiger partial charge >= 0.3 is 5.97 Å². The average Bonchev–Trinajstić information content (AvgIpc) is 2.95. The molecule has 2 heterocycles. The van der Waals surface area contributed by atoms with Crippen LogP contribution in [0.15, 0.2) is 35.4 Å². The molecule has 0 aliphatic heterocycles. The molecule has 0 unspecified atom stereocenters. The van der Waals surface area contributed by atoms with Gasteiger partial charge in [-0.25, -0.2) is 9.78 Å². The number of halogens is 1. The van der Waals surface area contributed by atoms with Gasteiger partial charge in [0.15, 0.2) is 0 Å². The highest BCUT2D eigenvalue weighted by Gasteiger charge is 2.20. The molecule has 9 heteroatoms. The van der Waals surface area contributed by atoms with Crippen LogP contribution in [0.2, 0.25) is 0 Å². The number of aromatic nitrogens is 2. The number of fused-ring (bicyclic) bond motifs is 1. The van der Waals surface area contributed by atoms with Crippen LogP contribution in [0.1, 0.15) is 22.2 Å². The lowest BCUT2D eigenvalue weighted by molar-refractivity contribution is -0.116. The van der Waals surface area contributed by atoms with Gasteiger partial charge in [0, 0.05) is 9.26 Å². The summed E-state index contributed by atoms with van der Waals surface area (Å²) in [5, 5.41) is 3.10. The molecule has 1 aromatic carbocycles. The number of benzene rings is 1. The molecule has 2 aromatic heterocycles. The van der Waals surface area contributed by atoms with E-state index in [9.17, 15) is 14.4 Å². The van der Waals surface area contributed by atoms with Crippen molar-refractivity contribution in [1.82, 2.24) is 9.55 Å². The predicted molar refractivity (Wildman–Crippen MR) is 112 cm³/mol. The van der Waals surface area contributed by atoms with E-state index in [1.165, 1.54) is 10.9 Å². The highest BCUT2D eigenvalue weighted by Crippen LogP contribution is 2.27. The maximum atomic E-state index is 12.8. The van der Waals surface area contributed by atoms with Crippen LogP contribution < -0.4 is 10.9 Å². The highest BCUT2D eigenvalue weighted by molar-refractivity contribution is 14.1. The number of aryl methyl sites for hydroxylation is 1. The first kappa shape index (κ1) is 19.5. The molecule has 140 valence electrons. The molecular formula is C18H16IN3O4S. The van der Waals surface area contributed by atoms with Crippen LogP contribution in [0, 0.1) is 10.5 Å². The number of thiophene rings is 1. The van der Waals surface area contributed by atoms with Gasteiger partial charge in [-0.3, -0.25) is 14.2 Å². The average molecular weight is 497 g/mol. The van der Waals surface area contributed by atoms with Gasteiger partial charge in [-0.2, -0.15) is 0 Å². The summed E-state index contributed by atoms with van der Waals surface area (Å²) in [7, 11) is 0. The molecule has 3 rings (SSSR count). The Kier molecular flexibility index (Phi) is 5.90. The molecule has 0 fully saturated rings. The van der Waals surface area contributed by atoms with Gasteiger partial charge in [0.25, 0.3) is 5.56 Å². The fourth-order valence-electron chi connectivity index (χ4n) is 2.58. The van der Waals surface area contributed by atoms with E-state index in [0.717, 1.165) is 14.9 Å². The molecular weight excluding hydrogens is 481 g/mol. The lowest BCUT2D eigenvalue weighted by atomic mass is 10.2. The fraction of sp³-hybridized carbons (Fsp3) is 0.222. The number of hydrogen-bond acceptors (Lipinski definition) is 6. The molecule has 0 saturated heterocycles. The zero-order chi connectivity index (χ0) is 19.6. The summed E-state index contributed by atoms with van der Waals surface area (Å²) in [6.45, 7) is 3.49. The SMILES string of the molecule is CCOC(=O)c1sc2ncn(CC(=O)Nc3cccc(I)c3)c(=O)c2c1C. The molecule has 7 nitrogen and oxygen atoms in total. The molecule has 0 aliphatic rings. The molecule has 1 N–H and O–H groups in total. The number of hydrogen-bond donors (Lipinski definition) is 1. The van der Waals surface area contributed by atoms with Crippen LogP contribution >= 0.6 is 33.9 Å². The molecule has 3 aromatic rings.